The number of aryl methyl sites for hydroxylation is 2. The van der Waals surface area contributed by atoms with Crippen LogP contribution in [0.1, 0.15) is 27.4 Å². The summed E-state index contributed by atoms with van der Waals surface area (Å²) in [5.41, 5.74) is 1.33. The molecule has 0 radical (unpaired) electrons. The maximum Gasteiger partial charge on any atom is 0.251 e. The minimum Gasteiger partial charge on any atom is -0.466 e. The average Bonchev–Trinajstić information content (AvgIpc) is 2.97. The van der Waals surface area contributed by atoms with Gasteiger partial charge in [-0.05, 0) is 44.2 Å². The Morgan fingerprint density at radius 1 is 1.15 bits per heavy atom. The zero-order valence-corrected chi connectivity index (χ0v) is 15.6. The van der Waals surface area contributed by atoms with Crippen molar-refractivity contribution < 1.29 is 22.4 Å². The third-order valence-corrected chi connectivity index (χ3v) is 6.22. The third-order valence-electron chi connectivity index (χ3n) is 4.31. The molecule has 1 aliphatic rings. The SMILES string of the molecule is Cc1cc(CNC(=O)c2ccc(S(=O)(=O)N3CCOCC3)cc2)c(C)o1. The van der Waals surface area contributed by atoms with Gasteiger partial charge >= 0.3 is 0 Å². The third kappa shape index (κ3) is 3.98. The minimum absolute atomic E-state index is 0.178. The van der Waals surface area contributed by atoms with Crippen LogP contribution >= 0.6 is 0 Å². The number of rotatable bonds is 5. The van der Waals surface area contributed by atoms with Crippen LogP contribution in [0.4, 0.5) is 0 Å². The van der Waals surface area contributed by atoms with E-state index < -0.39 is 10.0 Å². The van der Waals surface area contributed by atoms with E-state index in [0.717, 1.165) is 17.1 Å². The molecule has 0 aliphatic carbocycles. The molecule has 26 heavy (non-hydrogen) atoms. The Labute approximate surface area is 153 Å². The van der Waals surface area contributed by atoms with Crippen molar-refractivity contribution in [3.63, 3.8) is 0 Å². The van der Waals surface area contributed by atoms with Gasteiger partial charge in [0.05, 0.1) is 18.1 Å². The van der Waals surface area contributed by atoms with Crippen molar-refractivity contribution in [3.8, 4) is 0 Å². The summed E-state index contributed by atoms with van der Waals surface area (Å²) in [5, 5.41) is 2.82. The van der Waals surface area contributed by atoms with Crippen LogP contribution in [0.5, 0.6) is 0 Å². The number of hydrogen-bond acceptors (Lipinski definition) is 5. The van der Waals surface area contributed by atoms with E-state index in [0.29, 0.717) is 38.4 Å². The Kier molecular flexibility index (Phi) is 5.45. The molecule has 2 aromatic rings. The first-order valence-electron chi connectivity index (χ1n) is 8.40. The van der Waals surface area contributed by atoms with Gasteiger partial charge in [-0.2, -0.15) is 4.31 Å². The first kappa shape index (κ1) is 18.6. The highest BCUT2D eigenvalue weighted by Crippen LogP contribution is 2.18. The molecule has 1 saturated heterocycles. The zero-order chi connectivity index (χ0) is 18.7. The van der Waals surface area contributed by atoms with Gasteiger partial charge in [-0.1, -0.05) is 0 Å². The fourth-order valence-electron chi connectivity index (χ4n) is 2.85. The number of sulfonamides is 1. The highest BCUT2D eigenvalue weighted by atomic mass is 32.2. The molecule has 0 atom stereocenters. The summed E-state index contributed by atoms with van der Waals surface area (Å²) in [4.78, 5) is 12.5. The molecule has 0 unspecified atom stereocenters. The summed E-state index contributed by atoms with van der Waals surface area (Å²) in [7, 11) is -3.55. The number of carbonyl (C=O) groups is 1. The standard InChI is InChI=1S/C18H22N2O5S/c1-13-11-16(14(2)25-13)12-19-18(21)15-3-5-17(6-4-15)26(22,23)20-7-9-24-10-8-20/h3-6,11H,7-10,12H2,1-2H3,(H,19,21). The summed E-state index contributed by atoms with van der Waals surface area (Å²) < 4.78 is 37.2. The van der Waals surface area contributed by atoms with Crippen molar-refractivity contribution in [3.05, 3.63) is 53.0 Å². The minimum atomic E-state index is -3.55. The Morgan fingerprint density at radius 2 is 1.81 bits per heavy atom. The van der Waals surface area contributed by atoms with Crippen molar-refractivity contribution in [1.29, 1.82) is 0 Å². The molecule has 1 aromatic carbocycles. The van der Waals surface area contributed by atoms with Gasteiger partial charge in [-0.3, -0.25) is 4.79 Å². The smallest absolute Gasteiger partial charge is 0.251 e. The van der Waals surface area contributed by atoms with Crippen LogP contribution in [0, 0.1) is 13.8 Å². The number of carbonyl (C=O) groups excluding carboxylic acids is 1. The van der Waals surface area contributed by atoms with E-state index in [1.54, 1.807) is 0 Å². The first-order valence-corrected chi connectivity index (χ1v) is 9.84. The summed E-state index contributed by atoms with van der Waals surface area (Å²) in [6, 6.07) is 7.86. The Hall–Kier alpha value is -2.16. The second-order valence-electron chi connectivity index (χ2n) is 6.16. The van der Waals surface area contributed by atoms with Gasteiger partial charge < -0.3 is 14.5 Å². The molecule has 0 saturated carbocycles. The molecule has 1 aromatic heterocycles. The van der Waals surface area contributed by atoms with E-state index in [1.165, 1.54) is 28.6 Å². The number of morpholine rings is 1. The molecule has 1 fully saturated rings. The van der Waals surface area contributed by atoms with Gasteiger partial charge in [0.2, 0.25) is 10.0 Å². The van der Waals surface area contributed by atoms with Crippen LogP contribution in [0.2, 0.25) is 0 Å². The fourth-order valence-corrected chi connectivity index (χ4v) is 4.26. The maximum absolute atomic E-state index is 12.6. The maximum atomic E-state index is 12.6. The van der Waals surface area contributed by atoms with Crippen molar-refractivity contribution >= 4 is 15.9 Å². The molecule has 0 bridgehead atoms. The van der Waals surface area contributed by atoms with E-state index >= 15 is 0 Å². The van der Waals surface area contributed by atoms with Gasteiger partial charge in [0.15, 0.2) is 0 Å². The van der Waals surface area contributed by atoms with E-state index in [1.807, 2.05) is 19.9 Å². The van der Waals surface area contributed by atoms with Crippen molar-refractivity contribution in [2.24, 2.45) is 0 Å². The normalized spacial score (nSPS) is 15.8. The van der Waals surface area contributed by atoms with Crippen LogP contribution in [-0.2, 0) is 21.3 Å². The molecular formula is C18H22N2O5S. The lowest BCUT2D eigenvalue weighted by atomic mass is 10.2. The monoisotopic (exact) mass is 378 g/mol. The van der Waals surface area contributed by atoms with Crippen molar-refractivity contribution in [2.45, 2.75) is 25.3 Å². The number of nitrogens with one attached hydrogen (secondary N) is 1. The summed E-state index contributed by atoms with van der Waals surface area (Å²) >= 11 is 0. The van der Waals surface area contributed by atoms with E-state index in [2.05, 4.69) is 5.32 Å². The lowest BCUT2D eigenvalue weighted by molar-refractivity contribution is 0.0730. The summed E-state index contributed by atoms with van der Waals surface area (Å²) in [5.74, 6) is 1.30. The summed E-state index contributed by atoms with van der Waals surface area (Å²) in [6.45, 7) is 5.53. The highest BCUT2D eigenvalue weighted by molar-refractivity contribution is 7.89. The van der Waals surface area contributed by atoms with Gasteiger partial charge in [0.1, 0.15) is 11.5 Å². The van der Waals surface area contributed by atoms with Crippen LogP contribution < -0.4 is 5.32 Å². The average molecular weight is 378 g/mol. The number of nitrogens with zero attached hydrogens (tertiary/aromatic N) is 1. The van der Waals surface area contributed by atoms with E-state index in [9.17, 15) is 13.2 Å². The molecule has 1 N–H and O–H groups in total. The van der Waals surface area contributed by atoms with Gasteiger partial charge in [0.25, 0.3) is 5.91 Å². The lowest BCUT2D eigenvalue weighted by Gasteiger charge is -2.26. The number of hydrogen-bond donors (Lipinski definition) is 1. The zero-order valence-electron chi connectivity index (χ0n) is 14.8. The molecule has 0 spiro atoms. The molecule has 1 aliphatic heterocycles. The Morgan fingerprint density at radius 3 is 2.38 bits per heavy atom. The predicted octanol–water partition coefficient (Wildman–Crippen LogP) is 1.85. The predicted molar refractivity (Wildman–Crippen MR) is 95.4 cm³/mol. The Bertz CT molecular complexity index is 881. The van der Waals surface area contributed by atoms with Crippen LogP contribution in [0.15, 0.2) is 39.6 Å². The largest absolute Gasteiger partial charge is 0.466 e. The van der Waals surface area contributed by atoms with Crippen LogP contribution in [-0.4, -0.2) is 44.9 Å². The number of amides is 1. The van der Waals surface area contributed by atoms with Gasteiger partial charge in [0, 0.05) is 30.8 Å². The molecule has 3 rings (SSSR count). The van der Waals surface area contributed by atoms with Crippen molar-refractivity contribution in [2.75, 3.05) is 26.3 Å². The topological polar surface area (TPSA) is 88.9 Å². The number of ether oxygens (including phenoxy) is 1. The van der Waals surface area contributed by atoms with Crippen LogP contribution in [0.3, 0.4) is 0 Å². The van der Waals surface area contributed by atoms with Gasteiger partial charge in [-0.15, -0.1) is 0 Å². The molecule has 1 amide bonds. The van der Waals surface area contributed by atoms with Crippen molar-refractivity contribution in [1.82, 2.24) is 9.62 Å². The second-order valence-corrected chi connectivity index (χ2v) is 8.10. The highest BCUT2D eigenvalue weighted by Gasteiger charge is 2.26. The number of furan rings is 1. The number of benzene rings is 1. The quantitative estimate of drug-likeness (QED) is 0.858. The molecular weight excluding hydrogens is 356 g/mol. The lowest BCUT2D eigenvalue weighted by Crippen LogP contribution is -2.40. The fraction of sp³-hybridized carbons (Fsp3) is 0.389. The molecule has 2 heterocycles. The molecule has 7 nitrogen and oxygen atoms in total. The van der Waals surface area contributed by atoms with E-state index in [4.69, 9.17) is 9.15 Å². The van der Waals surface area contributed by atoms with Crippen LogP contribution in [0.25, 0.3) is 0 Å². The second kappa shape index (κ2) is 7.61. The summed E-state index contributed by atoms with van der Waals surface area (Å²) in [6.07, 6.45) is 0. The first-order chi connectivity index (χ1) is 12.4. The Balaban J connectivity index is 1.66. The van der Waals surface area contributed by atoms with E-state index in [-0.39, 0.29) is 10.8 Å². The molecule has 8 heteroatoms. The molecule has 140 valence electrons. The van der Waals surface area contributed by atoms with Gasteiger partial charge in [-0.25, -0.2) is 8.42 Å².